The molecule has 1 aromatic carbocycles. The van der Waals surface area contributed by atoms with E-state index in [2.05, 4.69) is 42.4 Å². The molecule has 1 heterocycles. The van der Waals surface area contributed by atoms with Crippen molar-refractivity contribution in [2.24, 2.45) is 0 Å². The molecule has 16 heavy (non-hydrogen) atoms. The molecular formula is C12H16N4. The number of nitrogen functional groups attached to an aromatic ring is 1. The number of nitrogens with two attached hydrogens (primary N) is 1. The van der Waals surface area contributed by atoms with E-state index in [1.165, 1.54) is 16.7 Å². The average Bonchev–Trinajstić information content (AvgIpc) is 2.55. The molecule has 0 bridgehead atoms. The number of aryl methyl sites for hydroxylation is 2. The Kier molecular flexibility index (Phi) is 2.64. The maximum absolute atomic E-state index is 5.67. The van der Waals surface area contributed by atoms with Crippen LogP contribution in [0.25, 0.3) is 0 Å². The molecule has 2 rings (SSSR count). The van der Waals surface area contributed by atoms with Crippen LogP contribution in [0.15, 0.2) is 18.2 Å². The molecule has 0 atom stereocenters. The second-order valence-corrected chi connectivity index (χ2v) is 4.15. The van der Waals surface area contributed by atoms with E-state index in [0.717, 1.165) is 12.2 Å². The SMILES string of the molecule is Cc1ccc(C)c(Cn2nnc(N)c2C)c1. The van der Waals surface area contributed by atoms with Gasteiger partial charge in [0.2, 0.25) is 0 Å². The van der Waals surface area contributed by atoms with Crippen LogP contribution in [0.3, 0.4) is 0 Å². The molecule has 1 aromatic heterocycles. The number of anilines is 1. The monoisotopic (exact) mass is 216 g/mol. The molecule has 2 aromatic rings. The van der Waals surface area contributed by atoms with Gasteiger partial charge in [-0.1, -0.05) is 29.0 Å². The predicted octanol–water partition coefficient (Wildman–Crippen LogP) is 1.83. The zero-order valence-corrected chi connectivity index (χ0v) is 9.86. The minimum Gasteiger partial charge on any atom is -0.381 e. The van der Waals surface area contributed by atoms with Crippen molar-refractivity contribution in [3.63, 3.8) is 0 Å². The number of hydrogen-bond donors (Lipinski definition) is 1. The van der Waals surface area contributed by atoms with E-state index >= 15 is 0 Å². The van der Waals surface area contributed by atoms with Crippen molar-refractivity contribution in [1.29, 1.82) is 0 Å². The highest BCUT2D eigenvalue weighted by atomic mass is 15.4. The number of rotatable bonds is 2. The third kappa shape index (κ3) is 1.91. The fourth-order valence-corrected chi connectivity index (χ4v) is 1.66. The molecule has 4 nitrogen and oxygen atoms in total. The van der Waals surface area contributed by atoms with Crippen LogP contribution in [0.5, 0.6) is 0 Å². The van der Waals surface area contributed by atoms with Crippen molar-refractivity contribution in [1.82, 2.24) is 15.0 Å². The highest BCUT2D eigenvalue weighted by Crippen LogP contribution is 2.14. The van der Waals surface area contributed by atoms with Crippen molar-refractivity contribution in [2.45, 2.75) is 27.3 Å². The summed E-state index contributed by atoms with van der Waals surface area (Å²) in [6, 6.07) is 6.41. The van der Waals surface area contributed by atoms with Gasteiger partial charge in [0.05, 0.1) is 12.2 Å². The van der Waals surface area contributed by atoms with Crippen LogP contribution in [0.2, 0.25) is 0 Å². The fourth-order valence-electron chi connectivity index (χ4n) is 1.66. The second kappa shape index (κ2) is 3.96. The normalized spacial score (nSPS) is 10.7. The van der Waals surface area contributed by atoms with Crippen molar-refractivity contribution < 1.29 is 0 Å². The van der Waals surface area contributed by atoms with E-state index < -0.39 is 0 Å². The largest absolute Gasteiger partial charge is 0.381 e. The van der Waals surface area contributed by atoms with Crippen molar-refractivity contribution in [3.8, 4) is 0 Å². The van der Waals surface area contributed by atoms with Gasteiger partial charge in [-0.05, 0) is 31.9 Å². The Morgan fingerprint density at radius 2 is 2.00 bits per heavy atom. The van der Waals surface area contributed by atoms with E-state index in [1.54, 1.807) is 0 Å². The van der Waals surface area contributed by atoms with Gasteiger partial charge in [-0.2, -0.15) is 0 Å². The van der Waals surface area contributed by atoms with Gasteiger partial charge in [-0.25, -0.2) is 4.68 Å². The van der Waals surface area contributed by atoms with E-state index in [0.29, 0.717) is 5.82 Å². The van der Waals surface area contributed by atoms with Gasteiger partial charge in [-0.15, -0.1) is 5.10 Å². The maximum Gasteiger partial charge on any atom is 0.168 e. The van der Waals surface area contributed by atoms with Crippen molar-refractivity contribution in [3.05, 3.63) is 40.6 Å². The Balaban J connectivity index is 2.33. The lowest BCUT2D eigenvalue weighted by molar-refractivity contribution is 0.631. The summed E-state index contributed by atoms with van der Waals surface area (Å²) in [4.78, 5) is 0. The van der Waals surface area contributed by atoms with Gasteiger partial charge in [-0.3, -0.25) is 0 Å². The number of nitrogens with zero attached hydrogens (tertiary/aromatic N) is 3. The Morgan fingerprint density at radius 3 is 2.62 bits per heavy atom. The molecule has 0 aliphatic rings. The van der Waals surface area contributed by atoms with Crippen LogP contribution in [0, 0.1) is 20.8 Å². The molecule has 0 aliphatic heterocycles. The summed E-state index contributed by atoms with van der Waals surface area (Å²) >= 11 is 0. The highest BCUT2D eigenvalue weighted by molar-refractivity contribution is 5.34. The quantitative estimate of drug-likeness (QED) is 0.833. The number of hydrogen-bond acceptors (Lipinski definition) is 3. The van der Waals surface area contributed by atoms with Crippen LogP contribution < -0.4 is 5.73 Å². The number of benzene rings is 1. The van der Waals surface area contributed by atoms with E-state index in [1.807, 2.05) is 11.6 Å². The summed E-state index contributed by atoms with van der Waals surface area (Å²) in [6.45, 7) is 6.85. The fraction of sp³-hybridized carbons (Fsp3) is 0.333. The molecule has 0 saturated heterocycles. The first-order valence-electron chi connectivity index (χ1n) is 5.29. The summed E-state index contributed by atoms with van der Waals surface area (Å²) in [5, 5.41) is 7.88. The average molecular weight is 216 g/mol. The van der Waals surface area contributed by atoms with E-state index in [4.69, 9.17) is 5.73 Å². The van der Waals surface area contributed by atoms with Gasteiger partial charge in [0.1, 0.15) is 0 Å². The first-order chi connectivity index (χ1) is 7.58. The topological polar surface area (TPSA) is 56.7 Å². The lowest BCUT2D eigenvalue weighted by Crippen LogP contribution is -2.06. The second-order valence-electron chi connectivity index (χ2n) is 4.15. The minimum atomic E-state index is 0.505. The van der Waals surface area contributed by atoms with E-state index in [9.17, 15) is 0 Å². The number of aromatic nitrogens is 3. The summed E-state index contributed by atoms with van der Waals surface area (Å²) in [6.07, 6.45) is 0. The van der Waals surface area contributed by atoms with Crippen LogP contribution in [-0.4, -0.2) is 15.0 Å². The Labute approximate surface area is 95.1 Å². The predicted molar refractivity (Wildman–Crippen MR) is 64.2 cm³/mol. The molecule has 2 N–H and O–H groups in total. The molecule has 0 fully saturated rings. The molecular weight excluding hydrogens is 200 g/mol. The molecule has 84 valence electrons. The maximum atomic E-state index is 5.67. The molecule has 0 spiro atoms. The van der Waals surface area contributed by atoms with Crippen molar-refractivity contribution >= 4 is 5.82 Å². The standard InChI is InChI=1S/C12H16N4/c1-8-4-5-9(2)11(6-8)7-16-10(3)12(13)14-15-16/h4-6H,7,13H2,1-3H3. The Hall–Kier alpha value is -1.84. The molecule has 0 aliphatic carbocycles. The lowest BCUT2D eigenvalue weighted by Gasteiger charge is -2.08. The lowest BCUT2D eigenvalue weighted by atomic mass is 10.1. The third-order valence-electron chi connectivity index (χ3n) is 2.84. The molecule has 0 saturated carbocycles. The molecule has 0 amide bonds. The van der Waals surface area contributed by atoms with Gasteiger partial charge in [0, 0.05) is 0 Å². The molecule has 0 radical (unpaired) electrons. The Bertz CT molecular complexity index is 514. The zero-order chi connectivity index (χ0) is 11.7. The Morgan fingerprint density at radius 1 is 1.25 bits per heavy atom. The van der Waals surface area contributed by atoms with Gasteiger partial charge in [0.25, 0.3) is 0 Å². The summed E-state index contributed by atoms with van der Waals surface area (Å²) in [7, 11) is 0. The minimum absolute atomic E-state index is 0.505. The summed E-state index contributed by atoms with van der Waals surface area (Å²) < 4.78 is 1.83. The molecule has 4 heteroatoms. The smallest absolute Gasteiger partial charge is 0.168 e. The van der Waals surface area contributed by atoms with E-state index in [-0.39, 0.29) is 0 Å². The van der Waals surface area contributed by atoms with Crippen LogP contribution in [0.1, 0.15) is 22.4 Å². The highest BCUT2D eigenvalue weighted by Gasteiger charge is 2.06. The van der Waals surface area contributed by atoms with Crippen LogP contribution in [0.4, 0.5) is 5.82 Å². The van der Waals surface area contributed by atoms with Gasteiger partial charge < -0.3 is 5.73 Å². The summed E-state index contributed by atoms with van der Waals surface area (Å²) in [5.74, 6) is 0.505. The summed E-state index contributed by atoms with van der Waals surface area (Å²) in [5.41, 5.74) is 10.4. The zero-order valence-electron chi connectivity index (χ0n) is 9.86. The van der Waals surface area contributed by atoms with Gasteiger partial charge >= 0.3 is 0 Å². The molecule has 0 unspecified atom stereocenters. The van der Waals surface area contributed by atoms with Gasteiger partial charge in [0.15, 0.2) is 5.82 Å². The van der Waals surface area contributed by atoms with Crippen molar-refractivity contribution in [2.75, 3.05) is 5.73 Å². The van der Waals surface area contributed by atoms with Crippen LogP contribution in [-0.2, 0) is 6.54 Å². The van der Waals surface area contributed by atoms with Crippen LogP contribution >= 0.6 is 0 Å². The third-order valence-corrected chi connectivity index (χ3v) is 2.84. The first kappa shape index (κ1) is 10.7. The first-order valence-corrected chi connectivity index (χ1v) is 5.29.